The van der Waals surface area contributed by atoms with Gasteiger partial charge in [0.1, 0.15) is 9.96 Å². The molecule has 2 aliphatic heterocycles. The number of nitrogens with zero attached hydrogens (tertiary/aromatic N) is 1. The van der Waals surface area contributed by atoms with Gasteiger partial charge >= 0.3 is 5.97 Å². The Balaban J connectivity index is 1.56. The van der Waals surface area contributed by atoms with Crippen molar-refractivity contribution in [1.29, 1.82) is 0 Å². The fourth-order valence-electron chi connectivity index (χ4n) is 4.14. The first-order valence-corrected chi connectivity index (χ1v) is 13.3. The van der Waals surface area contributed by atoms with Gasteiger partial charge in [-0.25, -0.2) is 17.9 Å². The molecule has 0 radical (unpaired) electrons. The van der Waals surface area contributed by atoms with Crippen molar-refractivity contribution in [2.75, 3.05) is 20.2 Å². The molecule has 3 heterocycles. The lowest BCUT2D eigenvalue weighted by molar-refractivity contribution is -0.138. The number of esters is 1. The first kappa shape index (κ1) is 23.7. The number of hydrogen-bond acceptors (Lipinski definition) is 7. The third-order valence-corrected chi connectivity index (χ3v) is 9.10. The molecule has 0 aliphatic carbocycles. The summed E-state index contributed by atoms with van der Waals surface area (Å²) < 4.78 is 39.3. The van der Waals surface area contributed by atoms with Gasteiger partial charge < -0.3 is 14.4 Å². The summed E-state index contributed by atoms with van der Waals surface area (Å²) in [6.07, 6.45) is 0.979. The lowest BCUT2D eigenvalue weighted by atomic mass is 10.0. The van der Waals surface area contributed by atoms with Gasteiger partial charge in [0.25, 0.3) is 15.9 Å². The van der Waals surface area contributed by atoms with E-state index in [-0.39, 0.29) is 28.8 Å². The highest BCUT2D eigenvalue weighted by Crippen LogP contribution is 2.37. The van der Waals surface area contributed by atoms with Crippen molar-refractivity contribution in [2.24, 2.45) is 5.92 Å². The number of rotatable bonds is 7. The summed E-state index contributed by atoms with van der Waals surface area (Å²) in [5.41, 5.74) is 1.74. The van der Waals surface area contributed by atoms with Crippen LogP contribution in [-0.2, 0) is 38.9 Å². The molecule has 1 unspecified atom stereocenters. The van der Waals surface area contributed by atoms with E-state index in [0.717, 1.165) is 22.6 Å². The summed E-state index contributed by atoms with van der Waals surface area (Å²) in [5, 5.41) is 0. The van der Waals surface area contributed by atoms with Gasteiger partial charge in [-0.3, -0.25) is 4.79 Å². The average molecular weight is 493 g/mol. The predicted molar refractivity (Wildman–Crippen MR) is 124 cm³/mol. The topological polar surface area (TPSA) is 102 Å². The van der Waals surface area contributed by atoms with Crippen molar-refractivity contribution in [3.63, 3.8) is 0 Å². The van der Waals surface area contributed by atoms with E-state index in [1.165, 1.54) is 7.11 Å². The molecule has 1 aromatic heterocycles. The van der Waals surface area contributed by atoms with Gasteiger partial charge in [-0.1, -0.05) is 32.0 Å². The molecule has 0 saturated heterocycles. The number of carbonyl (C=O) groups is 2. The Bertz CT molecular complexity index is 1150. The average Bonchev–Trinajstić information content (AvgIpc) is 3.39. The molecule has 2 aromatic rings. The second kappa shape index (κ2) is 9.44. The Morgan fingerprint density at radius 2 is 2.06 bits per heavy atom. The normalized spacial score (nSPS) is 17.5. The van der Waals surface area contributed by atoms with E-state index in [9.17, 15) is 18.0 Å². The van der Waals surface area contributed by atoms with Crippen LogP contribution in [0.25, 0.3) is 0 Å². The highest BCUT2D eigenvalue weighted by molar-refractivity contribution is 7.91. The lowest BCUT2D eigenvalue weighted by Gasteiger charge is -2.29. The monoisotopic (exact) mass is 492 g/mol. The smallest absolute Gasteiger partial charge is 0.340 e. The van der Waals surface area contributed by atoms with Gasteiger partial charge in [0.15, 0.2) is 6.10 Å². The maximum absolute atomic E-state index is 13.1. The van der Waals surface area contributed by atoms with Crippen LogP contribution in [0.1, 0.15) is 46.6 Å². The number of methoxy groups -OCH3 is 1. The largest absolute Gasteiger partial charge is 0.480 e. The second-order valence-corrected chi connectivity index (χ2v) is 11.7. The molecule has 0 fully saturated rings. The van der Waals surface area contributed by atoms with E-state index in [2.05, 4.69) is 4.72 Å². The number of thiophene rings is 1. The molecule has 10 heteroatoms. The molecular weight excluding hydrogens is 464 g/mol. The van der Waals surface area contributed by atoms with E-state index < -0.39 is 22.1 Å². The van der Waals surface area contributed by atoms with E-state index in [4.69, 9.17) is 9.47 Å². The van der Waals surface area contributed by atoms with Gasteiger partial charge in [-0.2, -0.15) is 0 Å². The van der Waals surface area contributed by atoms with Crippen molar-refractivity contribution in [3.05, 3.63) is 45.8 Å². The quantitative estimate of drug-likeness (QED) is 0.597. The molecule has 1 amide bonds. The minimum atomic E-state index is -3.89. The number of para-hydroxylation sites is 1. The molecule has 0 saturated carbocycles. The van der Waals surface area contributed by atoms with Crippen LogP contribution in [-0.4, -0.2) is 51.5 Å². The van der Waals surface area contributed by atoms with Crippen molar-refractivity contribution in [1.82, 2.24) is 9.62 Å². The molecular formula is C23H28N2O6S2. The number of hydrogen-bond donors (Lipinski definition) is 1. The van der Waals surface area contributed by atoms with Crippen molar-refractivity contribution < 1.29 is 27.5 Å². The second-order valence-electron chi connectivity index (χ2n) is 8.67. The van der Waals surface area contributed by atoms with Crippen LogP contribution in [0.4, 0.5) is 0 Å². The fourth-order valence-corrected chi connectivity index (χ4v) is 7.13. The van der Waals surface area contributed by atoms with Crippen LogP contribution < -0.4 is 9.46 Å². The van der Waals surface area contributed by atoms with Crippen LogP contribution in [0.15, 0.2) is 28.5 Å². The number of sulfonamides is 1. The van der Waals surface area contributed by atoms with E-state index in [0.29, 0.717) is 42.2 Å². The number of fused-ring (bicyclic) bond motifs is 2. The zero-order valence-electron chi connectivity index (χ0n) is 18.9. The molecule has 33 heavy (non-hydrogen) atoms. The summed E-state index contributed by atoms with van der Waals surface area (Å²) in [6.45, 7) is 4.92. The Kier molecular flexibility index (Phi) is 6.78. The van der Waals surface area contributed by atoms with Crippen molar-refractivity contribution in [2.45, 2.75) is 50.0 Å². The number of amides is 1. The molecule has 0 spiro atoms. The zero-order chi connectivity index (χ0) is 23.8. The van der Waals surface area contributed by atoms with Crippen LogP contribution in [0, 0.1) is 5.92 Å². The summed E-state index contributed by atoms with van der Waals surface area (Å²) in [5.74, 6) is 0.252. The zero-order valence-corrected chi connectivity index (χ0v) is 20.6. The van der Waals surface area contributed by atoms with Crippen LogP contribution in [0.3, 0.4) is 0 Å². The highest BCUT2D eigenvalue weighted by atomic mass is 32.2. The Morgan fingerprint density at radius 3 is 2.76 bits per heavy atom. The summed E-state index contributed by atoms with van der Waals surface area (Å²) in [6, 6.07) is 7.58. The minimum absolute atomic E-state index is 0.0399. The maximum Gasteiger partial charge on any atom is 0.340 e. The third-order valence-electron chi connectivity index (χ3n) is 5.91. The van der Waals surface area contributed by atoms with Gasteiger partial charge in [0.05, 0.1) is 19.2 Å². The van der Waals surface area contributed by atoms with Crippen LogP contribution >= 0.6 is 11.3 Å². The van der Waals surface area contributed by atoms with Crippen molar-refractivity contribution >= 4 is 33.2 Å². The number of carbonyl (C=O) groups excluding carboxylic acids is 2. The first-order chi connectivity index (χ1) is 15.7. The molecule has 1 N–H and O–H groups in total. The van der Waals surface area contributed by atoms with E-state index >= 15 is 0 Å². The van der Waals surface area contributed by atoms with E-state index in [1.54, 1.807) is 4.90 Å². The molecule has 8 nitrogen and oxygen atoms in total. The maximum atomic E-state index is 13.1. The minimum Gasteiger partial charge on any atom is -0.480 e. The van der Waals surface area contributed by atoms with Gasteiger partial charge in [-0.15, -0.1) is 11.3 Å². The lowest BCUT2D eigenvalue weighted by Crippen LogP contribution is -2.43. The van der Waals surface area contributed by atoms with E-state index in [1.807, 2.05) is 38.1 Å². The molecule has 1 aromatic carbocycles. The van der Waals surface area contributed by atoms with Crippen LogP contribution in [0.2, 0.25) is 0 Å². The fraction of sp³-hybridized carbons (Fsp3) is 0.478. The summed E-state index contributed by atoms with van der Waals surface area (Å²) in [4.78, 5) is 28.1. The number of ether oxygens (including phenoxy) is 2. The number of nitrogens with one attached hydrogen (secondary N) is 1. The Hall–Kier alpha value is -2.43. The highest BCUT2D eigenvalue weighted by Gasteiger charge is 2.38. The molecule has 4 rings (SSSR count). The van der Waals surface area contributed by atoms with Crippen molar-refractivity contribution in [3.8, 4) is 5.75 Å². The molecule has 178 valence electrons. The number of benzene rings is 1. The van der Waals surface area contributed by atoms with Gasteiger partial charge in [0.2, 0.25) is 0 Å². The van der Waals surface area contributed by atoms with Crippen LogP contribution in [0.5, 0.6) is 5.75 Å². The predicted octanol–water partition coefficient (Wildman–Crippen LogP) is 2.75. The third kappa shape index (κ3) is 4.78. The standard InChI is InChI=1S/C23H28N2O6S2/c1-14(2)8-10-24-33(28,29)23-20(22(27)30-3)16-9-11-25(13-19(16)32-23)21(26)18-12-15-6-4-5-7-17(15)31-18/h4-7,14,18,24H,8-13H2,1-3H3. The molecule has 1 atom stereocenters. The van der Waals surface area contributed by atoms with Gasteiger partial charge in [-0.05, 0) is 36.0 Å². The molecule has 0 bridgehead atoms. The Morgan fingerprint density at radius 1 is 1.30 bits per heavy atom. The van der Waals surface area contributed by atoms with Gasteiger partial charge in [0, 0.05) is 24.4 Å². The SMILES string of the molecule is COC(=O)c1c(S(=O)(=O)NCCC(C)C)sc2c1CCN(C(=O)C1Cc3ccccc3O1)C2. The first-order valence-electron chi connectivity index (χ1n) is 11.0. The summed E-state index contributed by atoms with van der Waals surface area (Å²) >= 11 is 1.04. The Labute approximate surface area is 197 Å². The summed E-state index contributed by atoms with van der Waals surface area (Å²) in [7, 11) is -2.65. The molecule has 2 aliphatic rings.